The number of aromatic nitrogens is 2. The van der Waals surface area contributed by atoms with Gasteiger partial charge in [-0.1, -0.05) is 87.5 Å². The molecule has 0 unspecified atom stereocenters. The lowest BCUT2D eigenvalue weighted by molar-refractivity contribution is 0.590. The van der Waals surface area contributed by atoms with Crippen molar-refractivity contribution in [3.05, 3.63) is 133 Å². The highest BCUT2D eigenvalue weighted by atomic mass is 15.0. The van der Waals surface area contributed by atoms with Gasteiger partial charge in [0, 0.05) is 34.5 Å². The van der Waals surface area contributed by atoms with Crippen molar-refractivity contribution in [2.24, 2.45) is 0 Å². The minimum atomic E-state index is 0.142. The van der Waals surface area contributed by atoms with Crippen LogP contribution in [0, 0.1) is 0 Å². The molecule has 0 radical (unpaired) electrons. The van der Waals surface area contributed by atoms with Crippen molar-refractivity contribution in [1.82, 2.24) is 9.13 Å². The van der Waals surface area contributed by atoms with Crippen LogP contribution < -0.4 is 0 Å². The quantitative estimate of drug-likeness (QED) is 0.233. The van der Waals surface area contributed by atoms with E-state index in [4.69, 9.17) is 0 Å². The Hall–Kier alpha value is -4.56. The fourth-order valence-corrected chi connectivity index (χ4v) is 5.69. The maximum absolute atomic E-state index is 2.34. The summed E-state index contributed by atoms with van der Waals surface area (Å²) in [5.74, 6) is 0. The highest BCUT2D eigenvalue weighted by Gasteiger charge is 2.15. The first kappa shape index (κ1) is 22.6. The van der Waals surface area contributed by atoms with E-state index in [1.54, 1.807) is 0 Å². The third-order valence-corrected chi connectivity index (χ3v) is 7.76. The molecule has 0 bridgehead atoms. The summed E-state index contributed by atoms with van der Waals surface area (Å²) in [6.45, 7) is 6.78. The minimum absolute atomic E-state index is 0.142. The largest absolute Gasteiger partial charge is 0.317 e. The molecule has 0 saturated carbocycles. The Morgan fingerprint density at radius 1 is 0.526 bits per heavy atom. The van der Waals surface area contributed by atoms with Crippen molar-refractivity contribution in [3.8, 4) is 22.5 Å². The molecule has 2 aromatic heterocycles. The Bertz CT molecular complexity index is 1920. The molecular weight excluding hydrogens is 460 g/mol. The number of nitrogens with zero attached hydrogens (tertiary/aromatic N) is 2. The topological polar surface area (TPSA) is 9.86 Å². The molecule has 0 aliphatic rings. The number of para-hydroxylation sites is 1. The third kappa shape index (κ3) is 3.64. The molecule has 0 atom stereocenters. The first-order chi connectivity index (χ1) is 18.5. The Morgan fingerprint density at radius 3 is 1.89 bits per heavy atom. The van der Waals surface area contributed by atoms with Crippen molar-refractivity contribution in [2.45, 2.75) is 26.2 Å². The molecule has 0 saturated heterocycles. The Balaban J connectivity index is 1.34. The van der Waals surface area contributed by atoms with Crippen LogP contribution in [-0.4, -0.2) is 9.13 Å². The smallest absolute Gasteiger partial charge is 0.0607 e. The summed E-state index contributed by atoms with van der Waals surface area (Å²) >= 11 is 0. The molecule has 38 heavy (non-hydrogen) atoms. The van der Waals surface area contributed by atoms with E-state index in [9.17, 15) is 0 Å². The minimum Gasteiger partial charge on any atom is -0.317 e. The standard InChI is InChI=1S/C36H30N2/c1-36(2,3)28-14-18-30(19-15-28)38-23-21-27-24-33(31-9-5-6-10-32(31)35(27)38)25-12-16-29(17-13-25)37-22-20-26-8-4-7-11-34(26)37/h4-24H,1-3H3. The van der Waals surface area contributed by atoms with E-state index >= 15 is 0 Å². The molecule has 0 fully saturated rings. The molecule has 184 valence electrons. The molecule has 0 aliphatic heterocycles. The molecule has 2 nitrogen and oxygen atoms in total. The highest BCUT2D eigenvalue weighted by molar-refractivity contribution is 6.13. The molecule has 7 aromatic rings. The van der Waals surface area contributed by atoms with E-state index in [1.807, 2.05) is 0 Å². The molecule has 0 amide bonds. The van der Waals surface area contributed by atoms with Crippen molar-refractivity contribution in [3.63, 3.8) is 0 Å². The molecule has 0 spiro atoms. The number of fused-ring (bicyclic) bond motifs is 4. The van der Waals surface area contributed by atoms with Crippen LogP contribution in [0.5, 0.6) is 0 Å². The van der Waals surface area contributed by atoms with Crippen molar-refractivity contribution < 1.29 is 0 Å². The van der Waals surface area contributed by atoms with Crippen LogP contribution in [0.25, 0.3) is 55.1 Å². The Labute approximate surface area is 223 Å². The van der Waals surface area contributed by atoms with E-state index in [0.717, 1.165) is 0 Å². The van der Waals surface area contributed by atoms with Gasteiger partial charge in [-0.2, -0.15) is 0 Å². The van der Waals surface area contributed by atoms with Gasteiger partial charge >= 0.3 is 0 Å². The van der Waals surface area contributed by atoms with Gasteiger partial charge in [-0.05, 0) is 81.4 Å². The molecule has 2 heterocycles. The second-order valence-electron chi connectivity index (χ2n) is 11.2. The Kier molecular flexibility index (Phi) is 5.06. The third-order valence-electron chi connectivity index (χ3n) is 7.76. The fourth-order valence-electron chi connectivity index (χ4n) is 5.69. The summed E-state index contributed by atoms with van der Waals surface area (Å²) in [4.78, 5) is 0. The fraction of sp³-hybridized carbons (Fsp3) is 0.111. The zero-order valence-electron chi connectivity index (χ0n) is 22.0. The van der Waals surface area contributed by atoms with E-state index < -0.39 is 0 Å². The summed E-state index contributed by atoms with van der Waals surface area (Å²) in [5.41, 5.74) is 8.82. The number of rotatable bonds is 3. The molecule has 0 aliphatic carbocycles. The second-order valence-corrected chi connectivity index (χ2v) is 11.2. The molecule has 5 aromatic carbocycles. The zero-order chi connectivity index (χ0) is 25.9. The number of hydrogen-bond acceptors (Lipinski definition) is 0. The van der Waals surface area contributed by atoms with E-state index in [-0.39, 0.29) is 5.41 Å². The van der Waals surface area contributed by atoms with Gasteiger partial charge in [0.15, 0.2) is 0 Å². The average molecular weight is 491 g/mol. The van der Waals surface area contributed by atoms with E-state index in [2.05, 4.69) is 158 Å². The maximum Gasteiger partial charge on any atom is 0.0607 e. The van der Waals surface area contributed by atoms with Crippen molar-refractivity contribution in [1.29, 1.82) is 0 Å². The normalized spacial score (nSPS) is 12.1. The monoisotopic (exact) mass is 490 g/mol. The van der Waals surface area contributed by atoms with Gasteiger partial charge in [-0.3, -0.25) is 0 Å². The summed E-state index contributed by atoms with van der Waals surface area (Å²) < 4.78 is 4.58. The highest BCUT2D eigenvalue weighted by Crippen LogP contribution is 2.37. The lowest BCUT2D eigenvalue weighted by Gasteiger charge is -2.19. The summed E-state index contributed by atoms with van der Waals surface area (Å²) in [6.07, 6.45) is 4.35. The van der Waals surface area contributed by atoms with Crippen LogP contribution in [0.2, 0.25) is 0 Å². The Morgan fingerprint density at radius 2 is 1.13 bits per heavy atom. The van der Waals surface area contributed by atoms with Crippen LogP contribution in [0.4, 0.5) is 0 Å². The van der Waals surface area contributed by atoms with Gasteiger partial charge in [0.1, 0.15) is 0 Å². The van der Waals surface area contributed by atoms with Crippen LogP contribution in [0.1, 0.15) is 26.3 Å². The van der Waals surface area contributed by atoms with E-state index in [1.165, 1.54) is 60.6 Å². The summed E-state index contributed by atoms with van der Waals surface area (Å²) in [5, 5.41) is 5.04. The van der Waals surface area contributed by atoms with Crippen LogP contribution in [0.15, 0.2) is 128 Å². The zero-order valence-corrected chi connectivity index (χ0v) is 22.0. The average Bonchev–Trinajstić information content (AvgIpc) is 3.57. The lowest BCUT2D eigenvalue weighted by atomic mass is 9.87. The van der Waals surface area contributed by atoms with Gasteiger partial charge in [-0.25, -0.2) is 0 Å². The number of hydrogen-bond donors (Lipinski definition) is 0. The predicted molar refractivity (Wildman–Crippen MR) is 162 cm³/mol. The van der Waals surface area contributed by atoms with Gasteiger partial charge in [-0.15, -0.1) is 0 Å². The first-order valence-electron chi connectivity index (χ1n) is 13.3. The SMILES string of the molecule is CC(C)(C)c1ccc(-n2ccc3cc(-c4ccc(-n5ccc6ccccc65)cc4)c4ccccc4c32)cc1. The molecule has 0 N–H and O–H groups in total. The number of benzene rings is 5. The van der Waals surface area contributed by atoms with Crippen molar-refractivity contribution in [2.75, 3.05) is 0 Å². The van der Waals surface area contributed by atoms with Gasteiger partial charge in [0.05, 0.1) is 11.0 Å². The van der Waals surface area contributed by atoms with E-state index in [0.29, 0.717) is 0 Å². The molecule has 7 rings (SSSR count). The van der Waals surface area contributed by atoms with Crippen LogP contribution in [0.3, 0.4) is 0 Å². The summed E-state index contributed by atoms with van der Waals surface area (Å²) in [6, 6.07) is 42.0. The maximum atomic E-state index is 2.34. The molecular formula is C36H30N2. The van der Waals surface area contributed by atoms with Crippen LogP contribution >= 0.6 is 0 Å². The molecule has 2 heteroatoms. The van der Waals surface area contributed by atoms with Gasteiger partial charge < -0.3 is 9.13 Å². The van der Waals surface area contributed by atoms with Gasteiger partial charge in [0.2, 0.25) is 0 Å². The van der Waals surface area contributed by atoms with Crippen LogP contribution in [-0.2, 0) is 5.41 Å². The first-order valence-corrected chi connectivity index (χ1v) is 13.3. The van der Waals surface area contributed by atoms with Crippen molar-refractivity contribution >= 4 is 32.6 Å². The predicted octanol–water partition coefficient (Wildman–Crippen LogP) is 9.69. The van der Waals surface area contributed by atoms with Gasteiger partial charge in [0.25, 0.3) is 0 Å². The second kappa shape index (κ2) is 8.49. The summed E-state index contributed by atoms with van der Waals surface area (Å²) in [7, 11) is 0. The lowest BCUT2D eigenvalue weighted by Crippen LogP contribution is -2.10.